The van der Waals surface area contributed by atoms with Crippen LogP contribution >= 0.6 is 0 Å². The molecule has 0 bridgehead atoms. The van der Waals surface area contributed by atoms with Gasteiger partial charge in [0.2, 0.25) is 0 Å². The van der Waals surface area contributed by atoms with E-state index >= 15 is 0 Å². The van der Waals surface area contributed by atoms with E-state index in [0.717, 1.165) is 25.5 Å². The lowest BCUT2D eigenvalue weighted by atomic mass is 9.58. The van der Waals surface area contributed by atoms with E-state index in [2.05, 4.69) is 23.8 Å². The van der Waals surface area contributed by atoms with Crippen LogP contribution in [0.25, 0.3) is 0 Å². The van der Waals surface area contributed by atoms with Crippen molar-refractivity contribution in [3.05, 3.63) is 23.8 Å². The maximum Gasteiger partial charge on any atom is 0.356 e. The Kier molecular flexibility index (Phi) is 5.54. The van der Waals surface area contributed by atoms with Gasteiger partial charge >= 0.3 is 5.97 Å². The molecular weight excluding hydrogens is 310 g/mol. The molecule has 1 N–H and O–H groups in total. The molecule has 7 heteroatoms. The van der Waals surface area contributed by atoms with Gasteiger partial charge < -0.3 is 14.7 Å². The van der Waals surface area contributed by atoms with Gasteiger partial charge in [-0.2, -0.15) is 0 Å². The molecule has 1 aliphatic carbocycles. The Labute approximate surface area is 142 Å². The summed E-state index contributed by atoms with van der Waals surface area (Å²) in [6.45, 7) is 6.90. The molecule has 0 aromatic carbocycles. The summed E-state index contributed by atoms with van der Waals surface area (Å²) in [5.41, 5.74) is -0.0660. The van der Waals surface area contributed by atoms with Gasteiger partial charge in [0.25, 0.3) is 5.91 Å². The Morgan fingerprint density at radius 2 is 1.83 bits per heavy atom. The largest absolute Gasteiger partial charge is 0.476 e. The van der Waals surface area contributed by atoms with Gasteiger partial charge in [-0.05, 0) is 26.2 Å². The number of aromatic carboxylic acids is 1. The molecule has 1 heterocycles. The van der Waals surface area contributed by atoms with E-state index in [1.54, 1.807) is 11.9 Å². The van der Waals surface area contributed by atoms with Crippen molar-refractivity contribution in [2.24, 2.45) is 5.41 Å². The Morgan fingerprint density at radius 1 is 1.25 bits per heavy atom. The predicted octanol–water partition coefficient (Wildman–Crippen LogP) is 2.23. The van der Waals surface area contributed by atoms with Gasteiger partial charge in [-0.25, -0.2) is 14.8 Å². The van der Waals surface area contributed by atoms with Gasteiger partial charge in [-0.15, -0.1) is 0 Å². The number of nitrogens with zero attached hydrogens (tertiary/aromatic N) is 3. The van der Waals surface area contributed by atoms with Crippen LogP contribution in [-0.4, -0.2) is 57.7 Å². The fraction of sp³-hybridized carbons (Fsp3) is 0.647. The van der Waals surface area contributed by atoms with Gasteiger partial charge in [0.15, 0.2) is 5.69 Å². The van der Waals surface area contributed by atoms with Crippen LogP contribution in [0, 0.1) is 5.41 Å². The first-order chi connectivity index (χ1) is 11.4. The van der Waals surface area contributed by atoms with Crippen molar-refractivity contribution in [1.82, 2.24) is 14.9 Å². The van der Waals surface area contributed by atoms with E-state index in [1.165, 1.54) is 6.20 Å². The zero-order valence-corrected chi connectivity index (χ0v) is 14.7. The second-order valence-corrected chi connectivity index (χ2v) is 6.14. The summed E-state index contributed by atoms with van der Waals surface area (Å²) < 4.78 is 5.85. The third-order valence-corrected chi connectivity index (χ3v) is 5.30. The number of carbonyl (C=O) groups excluding carboxylic acids is 1. The molecule has 0 aliphatic heterocycles. The van der Waals surface area contributed by atoms with Crippen LogP contribution in [0.4, 0.5) is 0 Å². The number of hydrogen-bond donors (Lipinski definition) is 1. The fourth-order valence-corrected chi connectivity index (χ4v) is 3.75. The van der Waals surface area contributed by atoms with E-state index in [4.69, 9.17) is 9.84 Å². The van der Waals surface area contributed by atoms with Crippen molar-refractivity contribution in [1.29, 1.82) is 0 Å². The summed E-state index contributed by atoms with van der Waals surface area (Å²) in [5.74, 6) is -1.41. The van der Waals surface area contributed by atoms with E-state index in [0.29, 0.717) is 6.61 Å². The van der Waals surface area contributed by atoms with Crippen LogP contribution in [0.5, 0.6) is 0 Å². The second-order valence-electron chi connectivity index (χ2n) is 6.14. The highest BCUT2D eigenvalue weighted by Crippen LogP contribution is 2.51. The minimum absolute atomic E-state index is 0.0468. The third-order valence-electron chi connectivity index (χ3n) is 5.30. The number of carboxylic acid groups (broad SMARTS) is 1. The SMILES string of the molecule is CCOC1CC(N(C)C(=O)c2cnc(C(=O)O)cn2)C1(CC)CC. The van der Waals surface area contributed by atoms with Crippen molar-refractivity contribution < 1.29 is 19.4 Å². The Morgan fingerprint density at radius 3 is 2.29 bits per heavy atom. The Balaban J connectivity index is 2.16. The number of ether oxygens (including phenoxy) is 1. The highest BCUT2D eigenvalue weighted by atomic mass is 16.5. The molecule has 132 valence electrons. The van der Waals surface area contributed by atoms with Crippen molar-refractivity contribution >= 4 is 11.9 Å². The zero-order valence-electron chi connectivity index (χ0n) is 14.7. The quantitative estimate of drug-likeness (QED) is 0.821. The van der Waals surface area contributed by atoms with Gasteiger partial charge in [0.05, 0.1) is 18.5 Å². The summed E-state index contributed by atoms with van der Waals surface area (Å²) in [5, 5.41) is 8.86. The Bertz CT molecular complexity index is 598. The molecule has 2 atom stereocenters. The van der Waals surface area contributed by atoms with Crippen molar-refractivity contribution in [2.45, 2.75) is 52.2 Å². The maximum absolute atomic E-state index is 12.7. The van der Waals surface area contributed by atoms with Crippen molar-refractivity contribution in [2.75, 3.05) is 13.7 Å². The molecule has 0 radical (unpaired) electrons. The molecule has 0 saturated heterocycles. The molecule has 1 fully saturated rings. The van der Waals surface area contributed by atoms with Crippen LogP contribution in [0.1, 0.15) is 61.0 Å². The van der Waals surface area contributed by atoms with Gasteiger partial charge in [0, 0.05) is 25.1 Å². The standard InChI is InChI=1S/C17H25N3O4/c1-5-17(6-2)13(8-14(17)24-7-3)20(4)15(21)11-9-19-12(10-18-11)16(22)23/h9-10,13-14H,5-8H2,1-4H3,(H,22,23). The number of amides is 1. The third kappa shape index (κ3) is 3.00. The van der Waals surface area contributed by atoms with Crippen LogP contribution < -0.4 is 0 Å². The Hall–Kier alpha value is -2.02. The molecule has 1 saturated carbocycles. The summed E-state index contributed by atoms with van der Waals surface area (Å²) in [4.78, 5) is 32.9. The number of hydrogen-bond acceptors (Lipinski definition) is 5. The molecular formula is C17H25N3O4. The molecule has 2 unspecified atom stereocenters. The average molecular weight is 335 g/mol. The molecule has 7 nitrogen and oxygen atoms in total. The monoisotopic (exact) mass is 335 g/mol. The molecule has 1 aromatic heterocycles. The van der Waals surface area contributed by atoms with Gasteiger partial charge in [-0.1, -0.05) is 13.8 Å². The van der Waals surface area contributed by atoms with Crippen LogP contribution in [0.2, 0.25) is 0 Å². The number of rotatable bonds is 7. The van der Waals surface area contributed by atoms with Gasteiger partial charge in [-0.3, -0.25) is 4.79 Å². The minimum atomic E-state index is -1.16. The first-order valence-corrected chi connectivity index (χ1v) is 8.35. The second kappa shape index (κ2) is 7.25. The number of carbonyl (C=O) groups is 2. The van der Waals surface area contributed by atoms with Crippen molar-refractivity contribution in [3.8, 4) is 0 Å². The smallest absolute Gasteiger partial charge is 0.356 e. The lowest BCUT2D eigenvalue weighted by Gasteiger charge is -2.58. The molecule has 24 heavy (non-hydrogen) atoms. The topological polar surface area (TPSA) is 92.6 Å². The van der Waals surface area contributed by atoms with E-state index < -0.39 is 5.97 Å². The molecule has 1 aliphatic rings. The van der Waals surface area contributed by atoms with E-state index in [1.807, 2.05) is 6.92 Å². The number of carboxylic acids is 1. The lowest BCUT2D eigenvalue weighted by Crippen LogP contribution is -2.64. The van der Waals surface area contributed by atoms with Crippen LogP contribution in [0.3, 0.4) is 0 Å². The highest BCUT2D eigenvalue weighted by Gasteiger charge is 2.55. The average Bonchev–Trinajstić information content (AvgIpc) is 2.58. The molecule has 0 spiro atoms. The van der Waals surface area contributed by atoms with Crippen LogP contribution in [0.15, 0.2) is 12.4 Å². The van der Waals surface area contributed by atoms with E-state index in [-0.39, 0.29) is 34.9 Å². The zero-order chi connectivity index (χ0) is 17.9. The highest BCUT2D eigenvalue weighted by molar-refractivity contribution is 5.93. The first kappa shape index (κ1) is 18.3. The van der Waals surface area contributed by atoms with E-state index in [9.17, 15) is 9.59 Å². The van der Waals surface area contributed by atoms with Gasteiger partial charge in [0.1, 0.15) is 5.69 Å². The summed E-state index contributed by atoms with van der Waals surface area (Å²) in [7, 11) is 1.77. The van der Waals surface area contributed by atoms with Crippen molar-refractivity contribution in [3.63, 3.8) is 0 Å². The van der Waals surface area contributed by atoms with Crippen LogP contribution in [-0.2, 0) is 4.74 Å². The number of aromatic nitrogens is 2. The minimum Gasteiger partial charge on any atom is -0.476 e. The summed E-state index contributed by atoms with van der Waals surface area (Å²) >= 11 is 0. The maximum atomic E-state index is 12.7. The predicted molar refractivity (Wildman–Crippen MR) is 87.9 cm³/mol. The summed E-state index contributed by atoms with van der Waals surface area (Å²) in [6, 6.07) is 0.0810. The normalized spacial score (nSPS) is 21.8. The summed E-state index contributed by atoms with van der Waals surface area (Å²) in [6.07, 6.45) is 5.16. The molecule has 1 amide bonds. The first-order valence-electron chi connectivity index (χ1n) is 8.35. The molecule has 2 rings (SSSR count). The fourth-order valence-electron chi connectivity index (χ4n) is 3.75. The molecule has 1 aromatic rings. The lowest BCUT2D eigenvalue weighted by molar-refractivity contribution is -0.159.